The molecule has 0 aliphatic carbocycles. The average molecular weight is 430 g/mol. The second-order valence-corrected chi connectivity index (χ2v) is 9.81. The van der Waals surface area contributed by atoms with Crippen LogP contribution in [0.25, 0.3) is 0 Å². The summed E-state index contributed by atoms with van der Waals surface area (Å²) in [6.45, 7) is 5.60. The minimum absolute atomic E-state index is 0.0743. The Labute approximate surface area is 179 Å². The van der Waals surface area contributed by atoms with Gasteiger partial charge in [0.1, 0.15) is 6.04 Å². The Bertz CT molecular complexity index is 939. The normalized spacial score (nSPS) is 15.5. The van der Waals surface area contributed by atoms with Crippen LogP contribution in [0.15, 0.2) is 54.6 Å². The number of nitrogens with one attached hydrogen (secondary N) is 2. The number of carbonyl (C=O) groups excluding carboxylic acids is 1. The molecule has 1 saturated heterocycles. The van der Waals surface area contributed by atoms with Crippen LogP contribution in [0, 0.1) is 0 Å². The summed E-state index contributed by atoms with van der Waals surface area (Å²) in [4.78, 5) is 15.1. The molecule has 0 unspecified atom stereocenters. The molecule has 1 aliphatic rings. The van der Waals surface area contributed by atoms with E-state index in [2.05, 4.69) is 10.0 Å². The third-order valence-electron chi connectivity index (χ3n) is 5.17. The van der Waals surface area contributed by atoms with Crippen LogP contribution in [0.3, 0.4) is 0 Å². The maximum Gasteiger partial charge on any atom is 0.244 e. The van der Waals surface area contributed by atoms with Gasteiger partial charge in [-0.1, -0.05) is 54.6 Å². The van der Waals surface area contributed by atoms with E-state index in [0.29, 0.717) is 6.54 Å². The molecule has 0 spiro atoms. The highest BCUT2D eigenvalue weighted by atomic mass is 32.2. The van der Waals surface area contributed by atoms with Crippen molar-refractivity contribution < 1.29 is 13.2 Å². The number of amides is 1. The first-order chi connectivity index (χ1) is 14.4. The number of sulfonamides is 1. The highest BCUT2D eigenvalue weighted by molar-refractivity contribution is 7.88. The summed E-state index contributed by atoms with van der Waals surface area (Å²) in [6, 6.07) is 16.6. The second-order valence-electron chi connectivity index (χ2n) is 8.06. The van der Waals surface area contributed by atoms with Crippen molar-refractivity contribution >= 4 is 15.9 Å². The molecular weight excluding hydrogens is 398 g/mol. The fraction of sp³-hybridized carbons (Fsp3) is 0.435. The molecule has 3 rings (SSSR count). The first-order valence-electron chi connectivity index (χ1n) is 10.5. The molecule has 0 bridgehead atoms. The van der Waals surface area contributed by atoms with Gasteiger partial charge in [-0.2, -0.15) is 0 Å². The lowest BCUT2D eigenvalue weighted by atomic mass is 10.0. The predicted molar refractivity (Wildman–Crippen MR) is 119 cm³/mol. The number of benzene rings is 2. The Hall–Kier alpha value is -2.22. The molecule has 2 aromatic rings. The van der Waals surface area contributed by atoms with Gasteiger partial charge in [0, 0.05) is 25.7 Å². The van der Waals surface area contributed by atoms with Gasteiger partial charge in [0.05, 0.1) is 5.75 Å². The molecule has 2 aromatic carbocycles. The summed E-state index contributed by atoms with van der Waals surface area (Å²) in [5.74, 6) is -0.00989. The molecule has 30 heavy (non-hydrogen) atoms. The Morgan fingerprint density at radius 3 is 2.20 bits per heavy atom. The number of rotatable bonds is 9. The molecule has 1 heterocycles. The van der Waals surface area contributed by atoms with Crippen LogP contribution in [-0.2, 0) is 27.1 Å². The van der Waals surface area contributed by atoms with Crippen molar-refractivity contribution in [1.82, 2.24) is 14.9 Å². The Kier molecular flexibility index (Phi) is 7.64. The second kappa shape index (κ2) is 10.2. The first kappa shape index (κ1) is 22.5. The predicted octanol–water partition coefficient (Wildman–Crippen LogP) is 2.97. The van der Waals surface area contributed by atoms with Crippen LogP contribution >= 0.6 is 0 Å². The zero-order valence-electron chi connectivity index (χ0n) is 17.7. The van der Waals surface area contributed by atoms with E-state index in [0.717, 1.165) is 42.6 Å². The minimum Gasteiger partial charge on any atom is -0.341 e. The largest absolute Gasteiger partial charge is 0.341 e. The number of nitrogens with zero attached hydrogens (tertiary/aromatic N) is 1. The SMILES string of the molecule is CC(C)NS(=O)(=O)Cc1ccccc1CN[C@@H](C(=O)N1CCCC1)c1ccccc1. The van der Waals surface area contributed by atoms with Crippen LogP contribution in [0.2, 0.25) is 0 Å². The van der Waals surface area contributed by atoms with Gasteiger partial charge in [-0.15, -0.1) is 0 Å². The summed E-state index contributed by atoms with van der Waals surface area (Å²) in [6.07, 6.45) is 2.08. The zero-order valence-corrected chi connectivity index (χ0v) is 18.5. The molecule has 162 valence electrons. The molecule has 0 saturated carbocycles. The summed E-state index contributed by atoms with van der Waals surface area (Å²) in [5.41, 5.74) is 2.53. The van der Waals surface area contributed by atoms with Crippen molar-refractivity contribution in [3.8, 4) is 0 Å². The van der Waals surface area contributed by atoms with Crippen LogP contribution in [0.5, 0.6) is 0 Å². The van der Waals surface area contributed by atoms with E-state index >= 15 is 0 Å². The molecular formula is C23H31N3O3S. The molecule has 6 nitrogen and oxygen atoms in total. The Balaban J connectivity index is 1.78. The molecule has 1 aliphatic heterocycles. The molecule has 2 N–H and O–H groups in total. The first-order valence-corrected chi connectivity index (χ1v) is 12.1. The third-order valence-corrected chi connectivity index (χ3v) is 6.69. The van der Waals surface area contributed by atoms with Gasteiger partial charge in [-0.3, -0.25) is 10.1 Å². The van der Waals surface area contributed by atoms with Crippen molar-refractivity contribution in [3.05, 3.63) is 71.3 Å². The highest BCUT2D eigenvalue weighted by Gasteiger charge is 2.27. The van der Waals surface area contributed by atoms with Crippen LogP contribution < -0.4 is 10.0 Å². The lowest BCUT2D eigenvalue weighted by Gasteiger charge is -2.25. The van der Waals surface area contributed by atoms with Crippen molar-refractivity contribution in [2.75, 3.05) is 13.1 Å². The molecule has 1 amide bonds. The van der Waals surface area contributed by atoms with E-state index in [9.17, 15) is 13.2 Å². The quantitative estimate of drug-likeness (QED) is 0.642. The van der Waals surface area contributed by atoms with E-state index in [-0.39, 0.29) is 17.7 Å². The molecule has 1 fully saturated rings. The highest BCUT2D eigenvalue weighted by Crippen LogP contribution is 2.21. The van der Waals surface area contributed by atoms with Crippen molar-refractivity contribution in [3.63, 3.8) is 0 Å². The average Bonchev–Trinajstić information content (AvgIpc) is 3.23. The van der Waals surface area contributed by atoms with Gasteiger partial charge >= 0.3 is 0 Å². The lowest BCUT2D eigenvalue weighted by molar-refractivity contribution is -0.132. The molecule has 1 atom stereocenters. The van der Waals surface area contributed by atoms with E-state index in [1.165, 1.54) is 0 Å². The molecule has 0 aromatic heterocycles. The van der Waals surface area contributed by atoms with Crippen LogP contribution in [-0.4, -0.2) is 38.4 Å². The fourth-order valence-electron chi connectivity index (χ4n) is 3.80. The Morgan fingerprint density at radius 2 is 1.57 bits per heavy atom. The van der Waals surface area contributed by atoms with Crippen molar-refractivity contribution in [1.29, 1.82) is 0 Å². The minimum atomic E-state index is -3.43. The van der Waals surface area contributed by atoms with Crippen molar-refractivity contribution in [2.45, 2.75) is 51.1 Å². The van der Waals surface area contributed by atoms with Gasteiger partial charge < -0.3 is 4.90 Å². The van der Waals surface area contributed by atoms with Gasteiger partial charge in [0.2, 0.25) is 15.9 Å². The topological polar surface area (TPSA) is 78.5 Å². The van der Waals surface area contributed by atoms with Crippen LogP contribution in [0.1, 0.15) is 49.4 Å². The fourth-order valence-corrected chi connectivity index (χ4v) is 5.29. The van der Waals surface area contributed by atoms with Crippen molar-refractivity contribution in [2.24, 2.45) is 0 Å². The van der Waals surface area contributed by atoms with Gasteiger partial charge in [-0.05, 0) is 43.4 Å². The van der Waals surface area contributed by atoms with Gasteiger partial charge in [0.25, 0.3) is 0 Å². The summed E-state index contributed by atoms with van der Waals surface area (Å²) >= 11 is 0. The number of carbonyl (C=O) groups is 1. The van der Waals surface area contributed by atoms with E-state index in [1.807, 2.05) is 59.5 Å². The molecule has 7 heteroatoms. The summed E-state index contributed by atoms with van der Waals surface area (Å²) in [5, 5.41) is 3.39. The smallest absolute Gasteiger partial charge is 0.244 e. The number of hydrogen-bond acceptors (Lipinski definition) is 4. The van der Waals surface area contributed by atoms with Gasteiger partial charge in [0.15, 0.2) is 0 Å². The lowest BCUT2D eigenvalue weighted by Crippen LogP contribution is -2.39. The van der Waals surface area contributed by atoms with Crippen LogP contribution in [0.4, 0.5) is 0 Å². The summed E-state index contributed by atoms with van der Waals surface area (Å²) in [7, 11) is -3.43. The van der Waals surface area contributed by atoms with E-state index < -0.39 is 16.1 Å². The number of likely N-dealkylation sites (tertiary alicyclic amines) is 1. The summed E-state index contributed by atoms with van der Waals surface area (Å²) < 4.78 is 27.5. The van der Waals surface area contributed by atoms with Gasteiger partial charge in [-0.25, -0.2) is 13.1 Å². The van der Waals surface area contributed by atoms with E-state index in [4.69, 9.17) is 0 Å². The maximum atomic E-state index is 13.2. The van der Waals surface area contributed by atoms with E-state index in [1.54, 1.807) is 13.8 Å². The number of hydrogen-bond donors (Lipinski definition) is 2. The zero-order chi connectivity index (χ0) is 21.6. The monoisotopic (exact) mass is 429 g/mol. The Morgan fingerprint density at radius 1 is 0.967 bits per heavy atom. The maximum absolute atomic E-state index is 13.2. The third kappa shape index (κ3) is 6.14. The standard InChI is InChI=1S/C23H31N3O3S/c1-18(2)25-30(28,29)17-21-13-7-6-12-20(21)16-24-22(19-10-4-3-5-11-19)23(27)26-14-8-9-15-26/h3-7,10-13,18,22,24-25H,8-9,14-17H2,1-2H3/t22-/m1/s1. The molecule has 0 radical (unpaired) electrons.